The number of carbonyl (C=O) groups is 1. The highest BCUT2D eigenvalue weighted by atomic mass is 16.6. The summed E-state index contributed by atoms with van der Waals surface area (Å²) in [6, 6.07) is 4.05. The normalized spacial score (nSPS) is 11.3. The molecule has 1 rings (SSSR count). The van der Waals surface area contributed by atoms with Gasteiger partial charge in [-0.15, -0.1) is 0 Å². The number of nitrogens with one attached hydrogen (secondary N) is 1. The molecule has 21 heavy (non-hydrogen) atoms. The quantitative estimate of drug-likeness (QED) is 0.819. The van der Waals surface area contributed by atoms with E-state index in [1.54, 1.807) is 4.90 Å². The van der Waals surface area contributed by atoms with Crippen molar-refractivity contribution in [3.63, 3.8) is 0 Å². The first kappa shape index (κ1) is 17.4. The van der Waals surface area contributed by atoms with Gasteiger partial charge in [-0.05, 0) is 46.2 Å². The van der Waals surface area contributed by atoms with E-state index >= 15 is 0 Å². The van der Waals surface area contributed by atoms with Crippen LogP contribution in [0.25, 0.3) is 0 Å². The molecule has 118 valence electrons. The third-order valence-electron chi connectivity index (χ3n) is 2.89. The Hall–Kier alpha value is -1.62. The second-order valence-corrected chi connectivity index (χ2v) is 6.04. The SMILES string of the molecule is CCN(CCNCc1ccc(C)nc1)C(=O)OC(C)(C)C. The van der Waals surface area contributed by atoms with E-state index in [0.29, 0.717) is 13.1 Å². The van der Waals surface area contributed by atoms with E-state index in [1.807, 2.05) is 46.9 Å². The molecule has 0 atom stereocenters. The van der Waals surface area contributed by atoms with E-state index in [1.165, 1.54) is 0 Å². The van der Waals surface area contributed by atoms with Gasteiger partial charge in [0.1, 0.15) is 5.60 Å². The standard InChI is InChI=1S/C16H27N3O2/c1-6-19(15(20)21-16(3,4)5)10-9-17-11-14-8-7-13(2)18-12-14/h7-8,12,17H,6,9-11H2,1-5H3. The van der Waals surface area contributed by atoms with E-state index < -0.39 is 5.60 Å². The molecule has 0 saturated carbocycles. The van der Waals surface area contributed by atoms with Gasteiger partial charge in [0.15, 0.2) is 0 Å². The summed E-state index contributed by atoms with van der Waals surface area (Å²) in [4.78, 5) is 17.9. The molecule has 0 unspecified atom stereocenters. The highest BCUT2D eigenvalue weighted by Gasteiger charge is 2.20. The van der Waals surface area contributed by atoms with Gasteiger partial charge in [-0.25, -0.2) is 4.79 Å². The third kappa shape index (κ3) is 7.09. The van der Waals surface area contributed by atoms with Gasteiger partial charge in [0.25, 0.3) is 0 Å². The van der Waals surface area contributed by atoms with E-state index in [4.69, 9.17) is 4.74 Å². The van der Waals surface area contributed by atoms with Crippen molar-refractivity contribution in [3.05, 3.63) is 29.6 Å². The lowest BCUT2D eigenvalue weighted by Gasteiger charge is -2.26. The molecule has 1 N–H and O–H groups in total. The van der Waals surface area contributed by atoms with Gasteiger partial charge < -0.3 is 15.0 Å². The minimum Gasteiger partial charge on any atom is -0.444 e. The lowest BCUT2D eigenvalue weighted by Crippen LogP contribution is -2.40. The molecule has 0 saturated heterocycles. The summed E-state index contributed by atoms with van der Waals surface area (Å²) in [6.45, 7) is 12.3. The molecule has 0 radical (unpaired) electrons. The van der Waals surface area contributed by atoms with Crippen LogP contribution in [0.4, 0.5) is 4.79 Å². The van der Waals surface area contributed by atoms with Crippen molar-refractivity contribution in [2.45, 2.75) is 46.8 Å². The van der Waals surface area contributed by atoms with E-state index in [2.05, 4.69) is 16.4 Å². The van der Waals surface area contributed by atoms with Crippen molar-refractivity contribution in [1.82, 2.24) is 15.2 Å². The predicted molar refractivity (Wildman–Crippen MR) is 84.2 cm³/mol. The number of amides is 1. The van der Waals surface area contributed by atoms with E-state index in [-0.39, 0.29) is 6.09 Å². The molecule has 1 amide bonds. The summed E-state index contributed by atoms with van der Waals surface area (Å²) in [5.74, 6) is 0. The van der Waals surface area contributed by atoms with E-state index in [9.17, 15) is 4.79 Å². The molecular weight excluding hydrogens is 266 g/mol. The largest absolute Gasteiger partial charge is 0.444 e. The Balaban J connectivity index is 2.32. The zero-order valence-electron chi connectivity index (χ0n) is 13.8. The van der Waals surface area contributed by atoms with Gasteiger partial charge in [-0.1, -0.05) is 6.07 Å². The summed E-state index contributed by atoms with van der Waals surface area (Å²) in [5, 5.41) is 3.31. The van der Waals surface area contributed by atoms with Crippen molar-refractivity contribution in [3.8, 4) is 0 Å². The summed E-state index contributed by atoms with van der Waals surface area (Å²) in [5.41, 5.74) is 1.70. The molecule has 1 aromatic heterocycles. The number of hydrogen-bond donors (Lipinski definition) is 1. The number of hydrogen-bond acceptors (Lipinski definition) is 4. The Morgan fingerprint density at radius 2 is 2.10 bits per heavy atom. The first-order chi connectivity index (χ1) is 9.81. The van der Waals surface area contributed by atoms with Crippen LogP contribution in [-0.2, 0) is 11.3 Å². The second-order valence-electron chi connectivity index (χ2n) is 6.04. The second kappa shape index (κ2) is 7.98. The fourth-order valence-electron chi connectivity index (χ4n) is 1.75. The van der Waals surface area contributed by atoms with Crippen LogP contribution in [0.5, 0.6) is 0 Å². The number of likely N-dealkylation sites (N-methyl/N-ethyl adjacent to an activating group) is 1. The zero-order valence-corrected chi connectivity index (χ0v) is 13.8. The van der Waals surface area contributed by atoms with Gasteiger partial charge in [0, 0.05) is 38.1 Å². The summed E-state index contributed by atoms with van der Waals surface area (Å²) in [7, 11) is 0. The number of aryl methyl sites for hydroxylation is 1. The molecule has 1 heterocycles. The van der Waals surface area contributed by atoms with Gasteiger partial charge >= 0.3 is 6.09 Å². The average molecular weight is 293 g/mol. The predicted octanol–water partition coefficient (Wildman–Crippen LogP) is 2.74. The lowest BCUT2D eigenvalue weighted by molar-refractivity contribution is 0.0262. The number of nitrogens with zero attached hydrogens (tertiary/aromatic N) is 2. The summed E-state index contributed by atoms with van der Waals surface area (Å²) < 4.78 is 5.37. The van der Waals surface area contributed by atoms with Gasteiger partial charge in [-0.2, -0.15) is 0 Å². The average Bonchev–Trinajstić information content (AvgIpc) is 2.38. The van der Waals surface area contributed by atoms with Crippen molar-refractivity contribution >= 4 is 6.09 Å². The molecule has 0 aliphatic rings. The molecule has 1 aromatic rings. The van der Waals surface area contributed by atoms with Gasteiger partial charge in [0.2, 0.25) is 0 Å². The van der Waals surface area contributed by atoms with Crippen LogP contribution >= 0.6 is 0 Å². The fraction of sp³-hybridized carbons (Fsp3) is 0.625. The number of ether oxygens (including phenoxy) is 1. The maximum Gasteiger partial charge on any atom is 0.410 e. The smallest absolute Gasteiger partial charge is 0.410 e. The van der Waals surface area contributed by atoms with E-state index in [0.717, 1.165) is 24.3 Å². The highest BCUT2D eigenvalue weighted by Crippen LogP contribution is 2.09. The summed E-state index contributed by atoms with van der Waals surface area (Å²) >= 11 is 0. The molecule has 0 fully saturated rings. The van der Waals surface area contributed by atoms with Crippen molar-refractivity contribution in [2.24, 2.45) is 0 Å². The van der Waals surface area contributed by atoms with Crippen LogP contribution in [-0.4, -0.2) is 41.2 Å². The number of aromatic nitrogens is 1. The van der Waals surface area contributed by atoms with Crippen LogP contribution in [0.1, 0.15) is 39.0 Å². The minimum atomic E-state index is -0.453. The molecule has 0 aromatic carbocycles. The molecule has 0 aliphatic heterocycles. The topological polar surface area (TPSA) is 54.5 Å². The first-order valence-corrected chi connectivity index (χ1v) is 7.42. The van der Waals surface area contributed by atoms with Crippen LogP contribution in [0.2, 0.25) is 0 Å². The Labute approximate surface area is 127 Å². The molecule has 5 heteroatoms. The van der Waals surface area contributed by atoms with Crippen LogP contribution in [0, 0.1) is 6.92 Å². The molecule has 0 bridgehead atoms. The maximum absolute atomic E-state index is 12.0. The molecule has 5 nitrogen and oxygen atoms in total. The monoisotopic (exact) mass is 293 g/mol. The Bertz CT molecular complexity index is 438. The molecular formula is C16H27N3O2. The third-order valence-corrected chi connectivity index (χ3v) is 2.89. The Kier molecular flexibility index (Phi) is 6.62. The maximum atomic E-state index is 12.0. The summed E-state index contributed by atoms with van der Waals surface area (Å²) in [6.07, 6.45) is 1.61. The van der Waals surface area contributed by atoms with Crippen molar-refractivity contribution in [2.75, 3.05) is 19.6 Å². The lowest BCUT2D eigenvalue weighted by atomic mass is 10.2. The van der Waals surface area contributed by atoms with Crippen LogP contribution in [0.15, 0.2) is 18.3 Å². The van der Waals surface area contributed by atoms with Crippen molar-refractivity contribution < 1.29 is 9.53 Å². The van der Waals surface area contributed by atoms with Gasteiger partial charge in [0.05, 0.1) is 0 Å². The number of rotatable bonds is 6. The first-order valence-electron chi connectivity index (χ1n) is 7.42. The van der Waals surface area contributed by atoms with Crippen molar-refractivity contribution in [1.29, 1.82) is 0 Å². The Morgan fingerprint density at radius 1 is 1.38 bits per heavy atom. The highest BCUT2D eigenvalue weighted by molar-refractivity contribution is 5.68. The Morgan fingerprint density at radius 3 is 2.62 bits per heavy atom. The zero-order chi connectivity index (χ0) is 15.9. The number of carbonyl (C=O) groups excluding carboxylic acids is 1. The van der Waals surface area contributed by atoms with Crippen LogP contribution < -0.4 is 5.32 Å². The van der Waals surface area contributed by atoms with Crippen LogP contribution in [0.3, 0.4) is 0 Å². The fourth-order valence-corrected chi connectivity index (χ4v) is 1.75. The minimum absolute atomic E-state index is 0.260. The molecule has 0 aliphatic carbocycles. The number of pyridine rings is 1. The molecule has 0 spiro atoms. The van der Waals surface area contributed by atoms with Gasteiger partial charge in [-0.3, -0.25) is 4.98 Å².